The second-order valence-corrected chi connectivity index (χ2v) is 9.71. The Labute approximate surface area is 208 Å². The number of halogens is 3. The third kappa shape index (κ3) is 5.38. The molecular formula is C24H16BrCl2NO3S. The fourth-order valence-corrected chi connectivity index (χ4v) is 4.63. The normalized spacial score (nSPS) is 15.0. The summed E-state index contributed by atoms with van der Waals surface area (Å²) in [7, 11) is 0. The van der Waals surface area contributed by atoms with E-state index in [0.717, 1.165) is 27.4 Å². The summed E-state index contributed by atoms with van der Waals surface area (Å²) in [6, 6.07) is 20.2. The summed E-state index contributed by atoms with van der Waals surface area (Å²) < 4.78 is 6.97. The zero-order valence-electron chi connectivity index (χ0n) is 16.6. The minimum absolute atomic E-state index is 0.0831. The Morgan fingerprint density at radius 3 is 2.50 bits per heavy atom. The van der Waals surface area contributed by atoms with E-state index in [1.165, 1.54) is 4.90 Å². The van der Waals surface area contributed by atoms with Crippen LogP contribution in [0.4, 0.5) is 4.79 Å². The standard InChI is InChI=1S/C24H16BrCl2NO3S/c25-18-8-5-15(6-9-18)14-31-21-4-2-1-3-16(21)11-22-23(29)28(24(30)32-22)13-17-7-10-19(26)12-20(17)27/h1-12H,13-14H2/b22-11-. The molecule has 1 aliphatic heterocycles. The zero-order valence-corrected chi connectivity index (χ0v) is 20.5. The Morgan fingerprint density at radius 2 is 1.75 bits per heavy atom. The highest BCUT2D eigenvalue weighted by Gasteiger charge is 2.35. The lowest BCUT2D eigenvalue weighted by molar-refractivity contribution is -0.123. The van der Waals surface area contributed by atoms with Crippen LogP contribution in [0.25, 0.3) is 6.08 Å². The van der Waals surface area contributed by atoms with E-state index in [-0.39, 0.29) is 17.7 Å². The topological polar surface area (TPSA) is 46.6 Å². The molecule has 1 saturated heterocycles. The molecule has 3 aromatic carbocycles. The van der Waals surface area contributed by atoms with E-state index in [2.05, 4.69) is 15.9 Å². The smallest absolute Gasteiger partial charge is 0.293 e. The number of hydrogen-bond donors (Lipinski definition) is 0. The van der Waals surface area contributed by atoms with Gasteiger partial charge in [-0.05, 0) is 59.3 Å². The number of hydrogen-bond acceptors (Lipinski definition) is 4. The van der Waals surface area contributed by atoms with Crippen molar-refractivity contribution in [3.05, 3.63) is 103 Å². The van der Waals surface area contributed by atoms with Gasteiger partial charge in [-0.15, -0.1) is 0 Å². The predicted molar refractivity (Wildman–Crippen MR) is 133 cm³/mol. The average molecular weight is 549 g/mol. The molecule has 162 valence electrons. The van der Waals surface area contributed by atoms with Crippen molar-refractivity contribution in [2.24, 2.45) is 0 Å². The summed E-state index contributed by atoms with van der Waals surface area (Å²) in [6.45, 7) is 0.467. The van der Waals surface area contributed by atoms with Gasteiger partial charge in [0.1, 0.15) is 12.4 Å². The molecule has 2 amide bonds. The summed E-state index contributed by atoms with van der Waals surface area (Å²) in [5.74, 6) is 0.261. The first kappa shape index (κ1) is 22.9. The fourth-order valence-electron chi connectivity index (χ4n) is 3.07. The number of amides is 2. The maximum Gasteiger partial charge on any atom is 0.293 e. The predicted octanol–water partition coefficient (Wildman–Crippen LogP) is 7.57. The number of carbonyl (C=O) groups excluding carboxylic acids is 2. The van der Waals surface area contributed by atoms with Crippen LogP contribution >= 0.6 is 50.9 Å². The van der Waals surface area contributed by atoms with Gasteiger partial charge in [0.2, 0.25) is 0 Å². The molecule has 0 aromatic heterocycles. The quantitative estimate of drug-likeness (QED) is 0.298. The molecule has 0 N–H and O–H groups in total. The van der Waals surface area contributed by atoms with Gasteiger partial charge in [0.25, 0.3) is 11.1 Å². The summed E-state index contributed by atoms with van der Waals surface area (Å²) in [4.78, 5) is 27.0. The van der Waals surface area contributed by atoms with E-state index < -0.39 is 0 Å². The van der Waals surface area contributed by atoms with Gasteiger partial charge in [-0.1, -0.05) is 75.5 Å². The molecule has 0 radical (unpaired) electrons. The second-order valence-electron chi connectivity index (χ2n) is 6.96. The Kier molecular flexibility index (Phi) is 7.26. The van der Waals surface area contributed by atoms with Gasteiger partial charge in [-0.3, -0.25) is 14.5 Å². The molecule has 0 atom stereocenters. The van der Waals surface area contributed by atoms with Crippen molar-refractivity contribution < 1.29 is 14.3 Å². The first-order valence-corrected chi connectivity index (χ1v) is 11.9. The molecule has 1 aliphatic rings. The molecular weight excluding hydrogens is 533 g/mol. The third-order valence-electron chi connectivity index (χ3n) is 4.73. The number of nitrogens with zero attached hydrogens (tertiary/aromatic N) is 1. The van der Waals surface area contributed by atoms with Crippen molar-refractivity contribution >= 4 is 68.1 Å². The van der Waals surface area contributed by atoms with Crippen molar-refractivity contribution in [3.8, 4) is 5.75 Å². The molecule has 0 bridgehead atoms. The van der Waals surface area contributed by atoms with Crippen molar-refractivity contribution in [2.75, 3.05) is 0 Å². The van der Waals surface area contributed by atoms with Crippen LogP contribution < -0.4 is 4.74 Å². The van der Waals surface area contributed by atoms with Gasteiger partial charge in [-0.2, -0.15) is 0 Å². The number of para-hydroxylation sites is 1. The monoisotopic (exact) mass is 547 g/mol. The SMILES string of the molecule is O=C1S/C(=C\c2ccccc2OCc2ccc(Br)cc2)C(=O)N1Cc1ccc(Cl)cc1Cl. The Balaban J connectivity index is 1.52. The zero-order chi connectivity index (χ0) is 22.7. The van der Waals surface area contributed by atoms with Gasteiger partial charge < -0.3 is 4.74 Å². The van der Waals surface area contributed by atoms with Gasteiger partial charge in [-0.25, -0.2) is 0 Å². The highest BCUT2D eigenvalue weighted by atomic mass is 79.9. The molecule has 0 saturated carbocycles. The molecule has 4 rings (SSSR count). The van der Waals surface area contributed by atoms with Crippen LogP contribution in [-0.4, -0.2) is 16.0 Å². The molecule has 0 spiro atoms. The maximum atomic E-state index is 12.9. The van der Waals surface area contributed by atoms with Gasteiger partial charge >= 0.3 is 0 Å². The number of imide groups is 1. The van der Waals surface area contributed by atoms with E-state index in [1.54, 1.807) is 24.3 Å². The van der Waals surface area contributed by atoms with Gasteiger partial charge in [0.15, 0.2) is 0 Å². The lowest BCUT2D eigenvalue weighted by atomic mass is 10.1. The third-order valence-corrected chi connectivity index (χ3v) is 6.75. The molecule has 8 heteroatoms. The van der Waals surface area contributed by atoms with Crippen molar-refractivity contribution in [1.82, 2.24) is 4.90 Å². The Bertz CT molecular complexity index is 1210. The minimum atomic E-state index is -0.367. The van der Waals surface area contributed by atoms with Crippen molar-refractivity contribution in [2.45, 2.75) is 13.2 Å². The van der Waals surface area contributed by atoms with Crippen LogP contribution in [0.2, 0.25) is 10.0 Å². The summed E-state index contributed by atoms with van der Waals surface area (Å²) in [5.41, 5.74) is 2.39. The van der Waals surface area contributed by atoms with E-state index in [4.69, 9.17) is 27.9 Å². The van der Waals surface area contributed by atoms with Gasteiger partial charge in [0.05, 0.1) is 11.4 Å². The van der Waals surface area contributed by atoms with E-state index in [0.29, 0.717) is 32.9 Å². The van der Waals surface area contributed by atoms with Crippen molar-refractivity contribution in [3.63, 3.8) is 0 Å². The van der Waals surface area contributed by atoms with Crippen LogP contribution in [0.3, 0.4) is 0 Å². The first-order chi connectivity index (χ1) is 15.4. The Morgan fingerprint density at radius 1 is 1.00 bits per heavy atom. The van der Waals surface area contributed by atoms with E-state index >= 15 is 0 Å². The summed E-state index contributed by atoms with van der Waals surface area (Å²) >= 11 is 16.5. The molecule has 0 aliphatic carbocycles. The Hall–Kier alpha value is -2.25. The molecule has 0 unspecified atom stereocenters. The summed E-state index contributed by atoms with van der Waals surface area (Å²) in [6.07, 6.45) is 1.69. The number of rotatable bonds is 6. The van der Waals surface area contributed by atoms with Crippen molar-refractivity contribution in [1.29, 1.82) is 0 Å². The van der Waals surface area contributed by atoms with Crippen LogP contribution in [0.15, 0.2) is 76.1 Å². The molecule has 32 heavy (non-hydrogen) atoms. The maximum absolute atomic E-state index is 12.9. The number of carbonyl (C=O) groups is 2. The first-order valence-electron chi connectivity index (χ1n) is 9.56. The number of benzene rings is 3. The van der Waals surface area contributed by atoms with Crippen LogP contribution in [0.5, 0.6) is 5.75 Å². The average Bonchev–Trinajstić information content (AvgIpc) is 3.03. The lowest BCUT2D eigenvalue weighted by Gasteiger charge is -2.14. The molecule has 1 fully saturated rings. The van der Waals surface area contributed by atoms with Crippen LogP contribution in [0.1, 0.15) is 16.7 Å². The highest BCUT2D eigenvalue weighted by Crippen LogP contribution is 2.36. The van der Waals surface area contributed by atoms with Gasteiger partial charge in [0, 0.05) is 20.1 Å². The lowest BCUT2D eigenvalue weighted by Crippen LogP contribution is -2.27. The van der Waals surface area contributed by atoms with E-state index in [1.807, 2.05) is 48.5 Å². The second kappa shape index (κ2) is 10.1. The number of thioether (sulfide) groups is 1. The summed E-state index contributed by atoms with van der Waals surface area (Å²) in [5, 5.41) is 0.556. The molecule has 1 heterocycles. The van der Waals surface area contributed by atoms with Crippen LogP contribution in [-0.2, 0) is 17.9 Å². The largest absolute Gasteiger partial charge is 0.488 e. The molecule has 3 aromatic rings. The molecule has 4 nitrogen and oxygen atoms in total. The fraction of sp³-hybridized carbons (Fsp3) is 0.0833. The number of ether oxygens (including phenoxy) is 1. The minimum Gasteiger partial charge on any atom is -0.488 e. The van der Waals surface area contributed by atoms with E-state index in [9.17, 15) is 9.59 Å². The van der Waals surface area contributed by atoms with Crippen LogP contribution in [0, 0.1) is 0 Å². The highest BCUT2D eigenvalue weighted by molar-refractivity contribution is 9.10.